The summed E-state index contributed by atoms with van der Waals surface area (Å²) in [7, 11) is 0. The minimum Gasteiger partial charge on any atom is -0.355 e. The Hall–Kier alpha value is -1.31. The van der Waals surface area contributed by atoms with E-state index in [0.717, 1.165) is 36.3 Å². The van der Waals surface area contributed by atoms with Gasteiger partial charge in [0, 0.05) is 6.54 Å². The quantitative estimate of drug-likeness (QED) is 0.736. The predicted octanol–water partition coefficient (Wildman–Crippen LogP) is 5.32. The zero-order chi connectivity index (χ0) is 18.3. The Morgan fingerprint density at radius 3 is 2.04 bits per heavy atom. The molecule has 4 aliphatic rings. The van der Waals surface area contributed by atoms with Crippen LogP contribution in [0, 0.1) is 29.1 Å². The van der Waals surface area contributed by atoms with E-state index in [4.69, 9.17) is 0 Å². The Morgan fingerprint density at radius 1 is 1.00 bits per heavy atom. The first-order chi connectivity index (χ1) is 12.4. The lowest BCUT2D eigenvalue weighted by Crippen LogP contribution is -2.51. The van der Waals surface area contributed by atoms with Crippen LogP contribution in [0.4, 0.5) is 0 Å². The number of benzene rings is 1. The molecule has 0 saturated heterocycles. The third-order valence-electron chi connectivity index (χ3n) is 7.32. The molecule has 26 heavy (non-hydrogen) atoms. The Kier molecular flexibility index (Phi) is 4.88. The third-order valence-corrected chi connectivity index (χ3v) is 7.32. The monoisotopic (exact) mass is 353 g/mol. The lowest BCUT2D eigenvalue weighted by molar-refractivity contribution is -0.124. The summed E-state index contributed by atoms with van der Waals surface area (Å²) in [6, 6.07) is 8.68. The molecule has 0 aromatic heterocycles. The van der Waals surface area contributed by atoms with Gasteiger partial charge in [0.1, 0.15) is 0 Å². The summed E-state index contributed by atoms with van der Waals surface area (Å²) >= 11 is 0. The van der Waals surface area contributed by atoms with Crippen LogP contribution in [-0.4, -0.2) is 12.5 Å². The Balaban J connectivity index is 1.34. The molecular formula is C24H35NO. The molecule has 2 heteroatoms. The van der Waals surface area contributed by atoms with Gasteiger partial charge in [0.05, 0.1) is 5.92 Å². The molecule has 142 valence electrons. The van der Waals surface area contributed by atoms with E-state index in [2.05, 4.69) is 43.4 Å². The van der Waals surface area contributed by atoms with Crippen molar-refractivity contribution >= 4 is 5.91 Å². The molecule has 0 unspecified atom stereocenters. The van der Waals surface area contributed by atoms with Crippen molar-refractivity contribution in [2.24, 2.45) is 29.1 Å². The van der Waals surface area contributed by atoms with Crippen molar-refractivity contribution in [3.63, 3.8) is 0 Å². The first kappa shape index (κ1) is 18.1. The van der Waals surface area contributed by atoms with Gasteiger partial charge in [0.25, 0.3) is 0 Å². The molecule has 5 rings (SSSR count). The first-order valence-electron chi connectivity index (χ1n) is 10.8. The van der Waals surface area contributed by atoms with Crippen LogP contribution in [0.5, 0.6) is 0 Å². The van der Waals surface area contributed by atoms with E-state index in [1.807, 2.05) is 6.92 Å². The highest BCUT2D eigenvalue weighted by atomic mass is 16.1. The number of rotatable bonds is 6. The standard InChI is InChI=1S/C24H35NO/c1-16(2)8-18-4-6-22(7-5-18)17(3)23(26)25-15-24-12-19-9-20(13-24)11-21(10-19)14-24/h4-7,16-17,19-21H,8-15H2,1-3H3,(H,25,26)/t17-,19?,20?,21?,24?/m1/s1. The molecule has 1 amide bonds. The van der Waals surface area contributed by atoms with Crippen molar-refractivity contribution < 1.29 is 4.79 Å². The topological polar surface area (TPSA) is 29.1 Å². The van der Waals surface area contributed by atoms with Crippen molar-refractivity contribution in [1.82, 2.24) is 5.32 Å². The van der Waals surface area contributed by atoms with Crippen LogP contribution >= 0.6 is 0 Å². The van der Waals surface area contributed by atoms with E-state index in [1.165, 1.54) is 44.1 Å². The van der Waals surface area contributed by atoms with Crippen LogP contribution in [0.15, 0.2) is 24.3 Å². The highest BCUT2D eigenvalue weighted by molar-refractivity contribution is 5.83. The van der Waals surface area contributed by atoms with E-state index >= 15 is 0 Å². The molecule has 1 atom stereocenters. The SMILES string of the molecule is CC(C)Cc1ccc([C@@H](C)C(=O)NCC23CC4CC(CC(C4)C2)C3)cc1. The molecule has 0 spiro atoms. The Bertz CT molecular complexity index is 609. The summed E-state index contributed by atoms with van der Waals surface area (Å²) < 4.78 is 0. The largest absolute Gasteiger partial charge is 0.355 e. The third kappa shape index (κ3) is 3.70. The number of nitrogens with one attached hydrogen (secondary N) is 1. The molecule has 4 bridgehead atoms. The molecule has 0 heterocycles. The normalized spacial score (nSPS) is 33.5. The molecule has 4 fully saturated rings. The van der Waals surface area contributed by atoms with E-state index in [-0.39, 0.29) is 11.8 Å². The van der Waals surface area contributed by atoms with Gasteiger partial charge in [0.15, 0.2) is 0 Å². The molecule has 4 aliphatic carbocycles. The highest BCUT2D eigenvalue weighted by Gasteiger charge is 2.50. The molecular weight excluding hydrogens is 318 g/mol. The fraction of sp³-hybridized carbons (Fsp3) is 0.708. The Labute approximate surface area is 159 Å². The van der Waals surface area contributed by atoms with Gasteiger partial charge in [-0.15, -0.1) is 0 Å². The number of carbonyl (C=O) groups is 1. The second-order valence-electron chi connectivity index (χ2n) is 10.2. The lowest BCUT2D eigenvalue weighted by Gasteiger charge is -2.57. The summed E-state index contributed by atoms with van der Waals surface area (Å²) in [6.45, 7) is 7.44. The highest BCUT2D eigenvalue weighted by Crippen LogP contribution is 2.59. The predicted molar refractivity (Wildman–Crippen MR) is 107 cm³/mol. The van der Waals surface area contributed by atoms with Crippen LogP contribution in [-0.2, 0) is 11.2 Å². The number of amides is 1. The van der Waals surface area contributed by atoms with Gasteiger partial charge >= 0.3 is 0 Å². The van der Waals surface area contributed by atoms with E-state index < -0.39 is 0 Å². The summed E-state index contributed by atoms with van der Waals surface area (Å²) in [5, 5.41) is 3.35. The van der Waals surface area contributed by atoms with Crippen LogP contribution in [0.25, 0.3) is 0 Å². The summed E-state index contributed by atoms with van der Waals surface area (Å²) in [6.07, 6.45) is 9.57. The zero-order valence-electron chi connectivity index (χ0n) is 16.8. The number of hydrogen-bond donors (Lipinski definition) is 1. The number of hydrogen-bond acceptors (Lipinski definition) is 1. The van der Waals surface area contributed by atoms with E-state index in [1.54, 1.807) is 0 Å². The number of carbonyl (C=O) groups excluding carboxylic acids is 1. The van der Waals surface area contributed by atoms with Crippen LogP contribution in [0.2, 0.25) is 0 Å². The molecule has 0 aliphatic heterocycles. The van der Waals surface area contributed by atoms with Gasteiger partial charge in [-0.05, 0) is 92.1 Å². The average Bonchev–Trinajstić information content (AvgIpc) is 2.58. The van der Waals surface area contributed by atoms with Crippen molar-refractivity contribution in [3.8, 4) is 0 Å². The van der Waals surface area contributed by atoms with Crippen molar-refractivity contribution in [3.05, 3.63) is 35.4 Å². The second kappa shape index (κ2) is 7.02. The summed E-state index contributed by atoms with van der Waals surface area (Å²) in [4.78, 5) is 12.8. The van der Waals surface area contributed by atoms with Crippen LogP contribution in [0.3, 0.4) is 0 Å². The maximum atomic E-state index is 12.8. The maximum Gasteiger partial charge on any atom is 0.227 e. The van der Waals surface area contributed by atoms with Crippen molar-refractivity contribution in [2.45, 2.75) is 71.6 Å². The fourth-order valence-electron chi connectivity index (χ4n) is 6.50. The zero-order valence-corrected chi connectivity index (χ0v) is 16.8. The van der Waals surface area contributed by atoms with Gasteiger partial charge in [-0.1, -0.05) is 38.1 Å². The van der Waals surface area contributed by atoms with Crippen LogP contribution in [0.1, 0.15) is 76.3 Å². The molecule has 2 nitrogen and oxygen atoms in total. The lowest BCUT2D eigenvalue weighted by atomic mass is 9.49. The van der Waals surface area contributed by atoms with Crippen molar-refractivity contribution in [2.75, 3.05) is 6.54 Å². The molecule has 4 saturated carbocycles. The van der Waals surface area contributed by atoms with Gasteiger partial charge < -0.3 is 5.32 Å². The minimum absolute atomic E-state index is 0.0583. The average molecular weight is 354 g/mol. The molecule has 1 N–H and O–H groups in total. The van der Waals surface area contributed by atoms with Gasteiger partial charge in [-0.25, -0.2) is 0 Å². The molecule has 0 radical (unpaired) electrons. The van der Waals surface area contributed by atoms with E-state index in [9.17, 15) is 4.79 Å². The molecule has 1 aromatic rings. The Morgan fingerprint density at radius 2 is 1.54 bits per heavy atom. The van der Waals surface area contributed by atoms with Crippen LogP contribution < -0.4 is 5.32 Å². The van der Waals surface area contributed by atoms with Gasteiger partial charge in [-0.2, -0.15) is 0 Å². The summed E-state index contributed by atoms with van der Waals surface area (Å²) in [5.41, 5.74) is 2.93. The summed E-state index contributed by atoms with van der Waals surface area (Å²) in [5.74, 6) is 3.66. The smallest absolute Gasteiger partial charge is 0.227 e. The van der Waals surface area contributed by atoms with Gasteiger partial charge in [-0.3, -0.25) is 4.79 Å². The fourth-order valence-corrected chi connectivity index (χ4v) is 6.50. The maximum absolute atomic E-state index is 12.8. The second-order valence-corrected chi connectivity index (χ2v) is 10.2. The minimum atomic E-state index is -0.0583. The van der Waals surface area contributed by atoms with Gasteiger partial charge in [0.2, 0.25) is 5.91 Å². The first-order valence-corrected chi connectivity index (χ1v) is 10.8. The van der Waals surface area contributed by atoms with E-state index in [0.29, 0.717) is 11.3 Å². The van der Waals surface area contributed by atoms with Crippen molar-refractivity contribution in [1.29, 1.82) is 0 Å². The molecule has 1 aromatic carbocycles.